The number of nitrogens with one attached hydrogen (secondary N) is 1. The summed E-state index contributed by atoms with van der Waals surface area (Å²) < 4.78 is 1.98. The maximum atomic E-state index is 13.6. The van der Waals surface area contributed by atoms with Crippen molar-refractivity contribution in [1.29, 1.82) is 5.26 Å². The average Bonchev–Trinajstić information content (AvgIpc) is 3.66. The van der Waals surface area contributed by atoms with Gasteiger partial charge in [0.2, 0.25) is 17.7 Å². The maximum Gasteiger partial charge on any atom is 0.264 e. The Labute approximate surface area is 341 Å². The highest BCUT2D eigenvalue weighted by Gasteiger charge is 2.46. The fourth-order valence-corrected chi connectivity index (χ4v) is 8.76. The molecule has 4 aliphatic rings. The van der Waals surface area contributed by atoms with E-state index in [9.17, 15) is 29.2 Å². The molecule has 1 aromatic heterocycles. The van der Waals surface area contributed by atoms with Crippen molar-refractivity contribution in [3.8, 4) is 29.2 Å². The monoisotopic (exact) mass is 795 g/mol. The van der Waals surface area contributed by atoms with Gasteiger partial charge in [0.15, 0.2) is 0 Å². The summed E-state index contributed by atoms with van der Waals surface area (Å²) in [4.78, 5) is 69.7. The number of imide groups is 2. The molecular formula is C45H42ClN7O5. The number of piperidine rings is 1. The molecule has 294 valence electrons. The van der Waals surface area contributed by atoms with Crippen LogP contribution in [0.4, 0.5) is 5.69 Å². The van der Waals surface area contributed by atoms with Gasteiger partial charge < -0.3 is 9.80 Å². The average molecular weight is 796 g/mol. The van der Waals surface area contributed by atoms with E-state index in [2.05, 4.69) is 35.4 Å². The van der Waals surface area contributed by atoms with Crippen LogP contribution in [0.2, 0.25) is 5.02 Å². The Bertz CT molecular complexity index is 2460. The van der Waals surface area contributed by atoms with E-state index < -0.39 is 29.7 Å². The number of piperazine rings is 1. The second kappa shape index (κ2) is 16.0. The molecular weight excluding hydrogens is 754 g/mol. The predicted octanol–water partition coefficient (Wildman–Crippen LogP) is 5.65. The minimum atomic E-state index is -1.02. The largest absolute Gasteiger partial charge is 0.367 e. The zero-order chi connectivity index (χ0) is 40.7. The minimum Gasteiger partial charge on any atom is -0.367 e. The number of amides is 5. The lowest BCUT2D eigenvalue weighted by Crippen LogP contribution is -2.54. The Kier molecular flexibility index (Phi) is 10.6. The second-order valence-corrected chi connectivity index (χ2v) is 15.9. The van der Waals surface area contributed by atoms with Crippen LogP contribution in [0.5, 0.6) is 0 Å². The van der Waals surface area contributed by atoms with Crippen LogP contribution in [0.25, 0.3) is 11.3 Å². The molecule has 58 heavy (non-hydrogen) atoms. The molecule has 13 heteroatoms. The third-order valence-electron chi connectivity index (χ3n) is 12.0. The molecule has 3 fully saturated rings. The number of hydrogen-bond donors (Lipinski definition) is 1. The number of benzene rings is 3. The number of carbonyl (C=O) groups is 5. The number of carbonyl (C=O) groups excluding carboxylic acids is 5. The number of hydrogen-bond acceptors (Lipinski definition) is 8. The summed E-state index contributed by atoms with van der Waals surface area (Å²) in [5, 5.41) is 16.7. The van der Waals surface area contributed by atoms with Gasteiger partial charge in [-0.25, -0.2) is 0 Å². The van der Waals surface area contributed by atoms with E-state index in [1.807, 2.05) is 52.6 Å². The minimum absolute atomic E-state index is 0.0464. The molecule has 1 atom stereocenters. The van der Waals surface area contributed by atoms with Crippen LogP contribution in [0, 0.1) is 48.9 Å². The third-order valence-corrected chi connectivity index (χ3v) is 12.3. The number of fused-ring (bicyclic) bond motifs is 1. The number of anilines is 1. The van der Waals surface area contributed by atoms with E-state index in [4.69, 9.17) is 16.7 Å². The number of halogens is 1. The van der Waals surface area contributed by atoms with Crippen LogP contribution in [-0.2, 0) is 20.9 Å². The lowest BCUT2D eigenvalue weighted by molar-refractivity contribution is -0.137. The van der Waals surface area contributed by atoms with E-state index in [0.717, 1.165) is 64.2 Å². The van der Waals surface area contributed by atoms with Crippen LogP contribution >= 0.6 is 11.6 Å². The van der Waals surface area contributed by atoms with Gasteiger partial charge in [-0.05, 0) is 93.5 Å². The molecule has 12 nitrogen and oxygen atoms in total. The second-order valence-electron chi connectivity index (χ2n) is 15.5. The summed E-state index contributed by atoms with van der Waals surface area (Å²) in [7, 11) is 0. The summed E-state index contributed by atoms with van der Waals surface area (Å²) in [6.07, 6.45) is 3.47. The van der Waals surface area contributed by atoms with E-state index in [1.165, 1.54) is 0 Å². The summed E-state index contributed by atoms with van der Waals surface area (Å²) in [5.41, 5.74) is 7.47. The van der Waals surface area contributed by atoms with Crippen molar-refractivity contribution in [2.75, 3.05) is 31.1 Å². The maximum absolute atomic E-state index is 13.6. The smallest absolute Gasteiger partial charge is 0.264 e. The molecule has 1 N–H and O–H groups in total. The molecule has 0 bridgehead atoms. The highest BCUT2D eigenvalue weighted by Crippen LogP contribution is 2.36. The van der Waals surface area contributed by atoms with Crippen molar-refractivity contribution in [1.82, 2.24) is 24.9 Å². The standard InChI is InChI=1S/C45H42ClN7O5/c1-27-28(2)52(49-41(27)33-16-17-34(25-47)36(46)24-33)26-31-10-8-29(9-11-31)6-7-30-12-14-32(15-13-30)43(56)51-22-20-50(21-23-51)37-5-3-4-35-40(37)45(58)53(44(35)57)38-18-19-39(54)48-42(38)55/h3-5,8-11,16-17,24,30,32,38H,12-15,18-23,26H2,1-2H3,(H,48,54,55)/t30-,32-,38?. The zero-order valence-corrected chi connectivity index (χ0v) is 33.1. The Morgan fingerprint density at radius 2 is 1.66 bits per heavy atom. The number of nitrogens with zero attached hydrogens (tertiary/aromatic N) is 6. The lowest BCUT2D eigenvalue weighted by Gasteiger charge is -2.39. The SMILES string of the molecule is Cc1c(-c2ccc(C#N)c(Cl)c2)nn(Cc2ccc(C#C[C@H]3CC[C@H](C(=O)N4CCN(c5cccc6c5C(=O)N(C5CCC(=O)NC5=O)C6=O)CC4)CC3)cc2)c1C. The Morgan fingerprint density at radius 3 is 2.34 bits per heavy atom. The quantitative estimate of drug-likeness (QED) is 0.195. The van der Waals surface area contributed by atoms with E-state index in [-0.39, 0.29) is 41.7 Å². The van der Waals surface area contributed by atoms with Gasteiger partial charge in [0.25, 0.3) is 11.8 Å². The molecule has 8 rings (SSSR count). The summed E-state index contributed by atoms with van der Waals surface area (Å²) in [6, 6.07) is 19.8. The van der Waals surface area contributed by atoms with Crippen molar-refractivity contribution >= 4 is 46.8 Å². The highest BCUT2D eigenvalue weighted by molar-refractivity contribution is 6.32. The van der Waals surface area contributed by atoms with E-state index >= 15 is 0 Å². The predicted molar refractivity (Wildman–Crippen MR) is 217 cm³/mol. The molecule has 2 saturated heterocycles. The highest BCUT2D eigenvalue weighted by atomic mass is 35.5. The van der Waals surface area contributed by atoms with Crippen LogP contribution in [0.3, 0.4) is 0 Å². The number of nitriles is 1. The summed E-state index contributed by atoms with van der Waals surface area (Å²) in [6.45, 7) is 6.73. The summed E-state index contributed by atoms with van der Waals surface area (Å²) >= 11 is 6.30. The van der Waals surface area contributed by atoms with Crippen molar-refractivity contribution in [3.63, 3.8) is 0 Å². The van der Waals surface area contributed by atoms with Gasteiger partial charge >= 0.3 is 0 Å². The molecule has 5 amide bonds. The molecule has 4 heterocycles. The first-order valence-corrected chi connectivity index (χ1v) is 20.1. The lowest BCUT2D eigenvalue weighted by atomic mass is 9.81. The van der Waals surface area contributed by atoms with Gasteiger partial charge in [-0.15, -0.1) is 0 Å². The molecule has 3 aliphatic heterocycles. The normalized spacial score (nSPS) is 20.7. The Hall–Kier alpha value is -6.24. The molecule has 1 unspecified atom stereocenters. The van der Waals surface area contributed by atoms with Crippen molar-refractivity contribution in [2.24, 2.45) is 11.8 Å². The van der Waals surface area contributed by atoms with E-state index in [0.29, 0.717) is 49.0 Å². The van der Waals surface area contributed by atoms with Gasteiger partial charge in [0, 0.05) is 61.3 Å². The first-order chi connectivity index (χ1) is 28.0. The van der Waals surface area contributed by atoms with Gasteiger partial charge in [0.1, 0.15) is 12.1 Å². The van der Waals surface area contributed by atoms with Crippen molar-refractivity contribution < 1.29 is 24.0 Å². The van der Waals surface area contributed by atoms with Crippen LogP contribution in [-0.4, -0.2) is 81.3 Å². The van der Waals surface area contributed by atoms with Crippen molar-refractivity contribution in [3.05, 3.63) is 105 Å². The topological polar surface area (TPSA) is 149 Å². The fraction of sp³-hybridized carbons (Fsp3) is 0.356. The van der Waals surface area contributed by atoms with Gasteiger partial charge in [0.05, 0.1) is 39.6 Å². The summed E-state index contributed by atoms with van der Waals surface area (Å²) in [5.74, 6) is 5.04. The molecule has 0 spiro atoms. The first kappa shape index (κ1) is 38.6. The molecule has 1 aliphatic carbocycles. The number of aromatic nitrogens is 2. The zero-order valence-electron chi connectivity index (χ0n) is 32.4. The van der Waals surface area contributed by atoms with E-state index in [1.54, 1.807) is 24.3 Å². The van der Waals surface area contributed by atoms with Crippen molar-refractivity contribution in [2.45, 2.75) is 65.0 Å². The van der Waals surface area contributed by atoms with Crippen LogP contribution in [0.15, 0.2) is 60.7 Å². The van der Waals surface area contributed by atoms with Crippen LogP contribution < -0.4 is 10.2 Å². The third kappa shape index (κ3) is 7.36. The molecule has 0 radical (unpaired) electrons. The molecule has 4 aromatic rings. The Morgan fingerprint density at radius 1 is 0.914 bits per heavy atom. The van der Waals surface area contributed by atoms with Gasteiger partial charge in [-0.2, -0.15) is 10.4 Å². The van der Waals surface area contributed by atoms with Gasteiger partial charge in [-0.1, -0.05) is 47.7 Å². The fourth-order valence-electron chi connectivity index (χ4n) is 8.54. The Balaban J connectivity index is 0.826. The molecule has 3 aromatic carbocycles. The van der Waals surface area contributed by atoms with Gasteiger partial charge in [-0.3, -0.25) is 38.9 Å². The molecule has 1 saturated carbocycles. The number of rotatable bonds is 6. The first-order valence-electron chi connectivity index (χ1n) is 19.7. The van der Waals surface area contributed by atoms with Crippen LogP contribution in [0.1, 0.15) is 87.2 Å².